The lowest BCUT2D eigenvalue weighted by Crippen LogP contribution is -2.46. The van der Waals surface area contributed by atoms with Crippen LogP contribution in [0, 0.1) is 0 Å². The average Bonchev–Trinajstić information content (AvgIpc) is 2.79. The Morgan fingerprint density at radius 2 is 1.94 bits per heavy atom. The molecule has 4 rings (SSSR count). The number of benzene rings is 2. The number of nitrogens with one attached hydrogen (secondary N) is 2. The first kappa shape index (κ1) is 21.5. The van der Waals surface area contributed by atoms with Crippen molar-refractivity contribution in [3.8, 4) is 0 Å². The number of halogens is 1. The highest BCUT2D eigenvalue weighted by molar-refractivity contribution is 9.10. The highest BCUT2D eigenvalue weighted by Gasteiger charge is 2.22. The van der Waals surface area contributed by atoms with E-state index in [0.717, 1.165) is 52.7 Å². The third-order valence-electron chi connectivity index (χ3n) is 5.30. The summed E-state index contributed by atoms with van der Waals surface area (Å²) in [4.78, 5) is 13.8. The number of hydrogen-bond donors (Lipinski definition) is 2. The summed E-state index contributed by atoms with van der Waals surface area (Å²) in [6.07, 6.45) is 3.68. The molecule has 2 N–H and O–H groups in total. The lowest BCUT2D eigenvalue weighted by atomic mass is 10.0. The summed E-state index contributed by atoms with van der Waals surface area (Å²) in [7, 11) is 1.37. The van der Waals surface area contributed by atoms with E-state index in [9.17, 15) is 4.79 Å². The standard InChI is InChI=1S/C22H22BrN5O2S/c1-30-21(29)14-2-5-17(6-3-14)25-22(31)26-18-8-10-28(11-9-18)20-19-7-4-16(23)12-15(19)13-24-27-20/h2-7,12-13,18H,8-11H2,1H3,(H2,25,26,31). The second kappa shape index (κ2) is 9.57. The van der Waals surface area contributed by atoms with Crippen molar-refractivity contribution in [1.29, 1.82) is 0 Å². The van der Waals surface area contributed by atoms with E-state index < -0.39 is 0 Å². The number of methoxy groups -OCH3 is 1. The molecule has 0 amide bonds. The lowest BCUT2D eigenvalue weighted by molar-refractivity contribution is 0.0601. The summed E-state index contributed by atoms with van der Waals surface area (Å²) in [5.41, 5.74) is 1.32. The summed E-state index contributed by atoms with van der Waals surface area (Å²) in [6.45, 7) is 1.75. The van der Waals surface area contributed by atoms with Crippen LogP contribution in [0.4, 0.5) is 11.5 Å². The highest BCUT2D eigenvalue weighted by atomic mass is 79.9. The highest BCUT2D eigenvalue weighted by Crippen LogP contribution is 2.28. The quantitative estimate of drug-likeness (QED) is 0.409. The lowest BCUT2D eigenvalue weighted by Gasteiger charge is -2.34. The number of hydrogen-bond acceptors (Lipinski definition) is 6. The van der Waals surface area contributed by atoms with Gasteiger partial charge in [0.15, 0.2) is 10.9 Å². The summed E-state index contributed by atoms with van der Waals surface area (Å²) in [5, 5.41) is 17.9. The fraction of sp³-hybridized carbons (Fsp3) is 0.273. The Labute approximate surface area is 194 Å². The van der Waals surface area contributed by atoms with E-state index in [0.29, 0.717) is 10.7 Å². The molecule has 0 radical (unpaired) electrons. The molecule has 1 aromatic heterocycles. The van der Waals surface area contributed by atoms with Crippen LogP contribution in [0.5, 0.6) is 0 Å². The van der Waals surface area contributed by atoms with Crippen molar-refractivity contribution in [3.05, 3.63) is 58.7 Å². The fourth-order valence-electron chi connectivity index (χ4n) is 3.67. The van der Waals surface area contributed by atoms with Crippen LogP contribution in [-0.4, -0.2) is 47.5 Å². The molecule has 1 aliphatic rings. The number of rotatable bonds is 4. The van der Waals surface area contributed by atoms with Crippen LogP contribution in [0.2, 0.25) is 0 Å². The van der Waals surface area contributed by atoms with E-state index in [1.54, 1.807) is 30.5 Å². The molecule has 1 fully saturated rings. The summed E-state index contributed by atoms with van der Waals surface area (Å²) in [5.74, 6) is 0.567. The minimum atomic E-state index is -0.359. The molecule has 2 aromatic carbocycles. The van der Waals surface area contributed by atoms with Gasteiger partial charge in [-0.15, -0.1) is 5.10 Å². The molecule has 0 saturated carbocycles. The van der Waals surface area contributed by atoms with Crippen LogP contribution < -0.4 is 15.5 Å². The number of carbonyl (C=O) groups is 1. The molecule has 0 spiro atoms. The number of esters is 1. The number of ether oxygens (including phenoxy) is 1. The van der Waals surface area contributed by atoms with Gasteiger partial charge in [-0.2, -0.15) is 5.10 Å². The van der Waals surface area contributed by atoms with Crippen molar-refractivity contribution in [2.24, 2.45) is 0 Å². The van der Waals surface area contributed by atoms with Gasteiger partial charge in [-0.3, -0.25) is 0 Å². The predicted molar refractivity (Wildman–Crippen MR) is 130 cm³/mol. The number of thiocarbonyl (C=S) groups is 1. The molecule has 0 atom stereocenters. The van der Waals surface area contributed by atoms with Crippen molar-refractivity contribution < 1.29 is 9.53 Å². The van der Waals surface area contributed by atoms with E-state index in [1.165, 1.54) is 7.11 Å². The molecule has 31 heavy (non-hydrogen) atoms. The van der Waals surface area contributed by atoms with Gasteiger partial charge in [-0.25, -0.2) is 4.79 Å². The third kappa shape index (κ3) is 5.11. The molecule has 0 aliphatic carbocycles. The van der Waals surface area contributed by atoms with Gasteiger partial charge in [0.1, 0.15) is 0 Å². The second-order valence-corrected chi connectivity index (χ2v) is 8.65. The van der Waals surface area contributed by atoms with E-state index >= 15 is 0 Å². The van der Waals surface area contributed by atoms with Crippen LogP contribution in [0.25, 0.3) is 10.8 Å². The molecule has 1 saturated heterocycles. The van der Waals surface area contributed by atoms with Crippen molar-refractivity contribution >= 4 is 61.5 Å². The van der Waals surface area contributed by atoms with Crippen LogP contribution >= 0.6 is 28.1 Å². The monoisotopic (exact) mass is 499 g/mol. The number of carbonyl (C=O) groups excluding carboxylic acids is 1. The average molecular weight is 500 g/mol. The van der Waals surface area contributed by atoms with Crippen LogP contribution in [-0.2, 0) is 4.74 Å². The summed E-state index contributed by atoms with van der Waals surface area (Å²) >= 11 is 8.98. The number of aromatic nitrogens is 2. The van der Waals surface area contributed by atoms with E-state index in [-0.39, 0.29) is 12.0 Å². The summed E-state index contributed by atoms with van der Waals surface area (Å²) in [6, 6.07) is 13.5. The second-order valence-electron chi connectivity index (χ2n) is 7.33. The Balaban J connectivity index is 1.32. The molecular formula is C22H22BrN5O2S. The zero-order chi connectivity index (χ0) is 21.8. The van der Waals surface area contributed by atoms with Gasteiger partial charge in [0.2, 0.25) is 0 Å². The Bertz CT molecular complexity index is 1100. The first-order valence-corrected chi connectivity index (χ1v) is 11.2. The Morgan fingerprint density at radius 3 is 2.65 bits per heavy atom. The fourth-order valence-corrected chi connectivity index (χ4v) is 4.34. The normalized spacial score (nSPS) is 14.3. The molecule has 160 valence electrons. The minimum Gasteiger partial charge on any atom is -0.465 e. The van der Waals surface area contributed by atoms with Crippen molar-refractivity contribution in [1.82, 2.24) is 15.5 Å². The van der Waals surface area contributed by atoms with Crippen LogP contribution in [0.3, 0.4) is 0 Å². The topological polar surface area (TPSA) is 79.4 Å². The first-order valence-electron chi connectivity index (χ1n) is 9.95. The molecule has 7 nitrogen and oxygen atoms in total. The zero-order valence-electron chi connectivity index (χ0n) is 17.0. The van der Waals surface area contributed by atoms with Crippen molar-refractivity contribution in [2.45, 2.75) is 18.9 Å². The van der Waals surface area contributed by atoms with Gasteiger partial charge < -0.3 is 20.3 Å². The molecule has 1 aliphatic heterocycles. The molecule has 3 aromatic rings. The maximum Gasteiger partial charge on any atom is 0.337 e. The largest absolute Gasteiger partial charge is 0.465 e. The van der Waals surface area contributed by atoms with Gasteiger partial charge in [-0.05, 0) is 67.5 Å². The van der Waals surface area contributed by atoms with E-state index in [2.05, 4.69) is 53.8 Å². The Hall–Kier alpha value is -2.78. The number of piperidine rings is 1. The number of nitrogens with zero attached hydrogens (tertiary/aromatic N) is 3. The van der Waals surface area contributed by atoms with Gasteiger partial charge in [-0.1, -0.05) is 15.9 Å². The maximum absolute atomic E-state index is 11.5. The molecule has 9 heteroatoms. The van der Waals surface area contributed by atoms with Gasteiger partial charge >= 0.3 is 5.97 Å². The van der Waals surface area contributed by atoms with Crippen LogP contribution in [0.15, 0.2) is 53.1 Å². The predicted octanol–water partition coefficient (Wildman–Crippen LogP) is 4.13. The first-order chi connectivity index (χ1) is 15.0. The molecule has 0 unspecified atom stereocenters. The molecule has 0 bridgehead atoms. The van der Waals surface area contributed by atoms with Gasteiger partial charge in [0, 0.05) is 40.1 Å². The Kier molecular flexibility index (Phi) is 6.62. The minimum absolute atomic E-state index is 0.280. The van der Waals surface area contributed by atoms with Crippen molar-refractivity contribution in [2.75, 3.05) is 30.4 Å². The molecular weight excluding hydrogens is 478 g/mol. The van der Waals surface area contributed by atoms with Gasteiger partial charge in [0.25, 0.3) is 0 Å². The third-order valence-corrected chi connectivity index (χ3v) is 6.01. The number of anilines is 2. The maximum atomic E-state index is 11.5. The zero-order valence-corrected chi connectivity index (χ0v) is 19.4. The SMILES string of the molecule is COC(=O)c1ccc(NC(=S)NC2CCN(c3nncc4cc(Br)ccc34)CC2)cc1. The van der Waals surface area contributed by atoms with Gasteiger partial charge in [0.05, 0.1) is 18.9 Å². The van der Waals surface area contributed by atoms with Crippen LogP contribution in [0.1, 0.15) is 23.2 Å². The van der Waals surface area contributed by atoms with Crippen molar-refractivity contribution in [3.63, 3.8) is 0 Å². The number of fused-ring (bicyclic) bond motifs is 1. The van der Waals surface area contributed by atoms with E-state index in [4.69, 9.17) is 17.0 Å². The smallest absolute Gasteiger partial charge is 0.337 e. The molecule has 2 heterocycles. The van der Waals surface area contributed by atoms with E-state index in [1.807, 2.05) is 6.07 Å². The Morgan fingerprint density at radius 1 is 1.19 bits per heavy atom. The summed E-state index contributed by atoms with van der Waals surface area (Å²) < 4.78 is 5.75.